The quantitative estimate of drug-likeness (QED) is 0.211. The van der Waals surface area contributed by atoms with Crippen molar-refractivity contribution in [2.45, 2.75) is 43.1 Å². The summed E-state index contributed by atoms with van der Waals surface area (Å²) in [5, 5.41) is 3.55. The Bertz CT molecular complexity index is 2090. The highest BCUT2D eigenvalue weighted by molar-refractivity contribution is 6.18. The van der Waals surface area contributed by atoms with Crippen molar-refractivity contribution in [3.63, 3.8) is 0 Å². The van der Waals surface area contributed by atoms with Gasteiger partial charge in [-0.15, -0.1) is 0 Å². The third kappa shape index (κ3) is 3.56. The van der Waals surface area contributed by atoms with Gasteiger partial charge in [0, 0.05) is 52.6 Å². The van der Waals surface area contributed by atoms with E-state index in [1.165, 1.54) is 64.6 Å². The van der Waals surface area contributed by atoms with Crippen LogP contribution >= 0.6 is 0 Å². The fourth-order valence-corrected chi connectivity index (χ4v) is 8.44. The summed E-state index contributed by atoms with van der Waals surface area (Å²) in [7, 11) is 4.16. The van der Waals surface area contributed by atoms with E-state index >= 15 is 0 Å². The molecule has 3 nitrogen and oxygen atoms in total. The SMILES string of the molecule is CN(C)c1ccc(C2(c3ccccc3)C=Cc3c4c(c5c(ccc6occc65)c3O2)-c2ccccc2C2CCCCC42)cc1. The largest absolute Gasteiger partial charge is 0.472 e. The van der Waals surface area contributed by atoms with Crippen molar-refractivity contribution in [2.24, 2.45) is 0 Å². The maximum absolute atomic E-state index is 7.53. The van der Waals surface area contributed by atoms with E-state index in [0.717, 1.165) is 33.2 Å². The highest BCUT2D eigenvalue weighted by Gasteiger charge is 2.43. The molecule has 1 saturated carbocycles. The molecule has 9 rings (SSSR count). The topological polar surface area (TPSA) is 25.6 Å². The van der Waals surface area contributed by atoms with Gasteiger partial charge in [-0.2, -0.15) is 0 Å². The molecule has 3 heteroatoms. The van der Waals surface area contributed by atoms with Crippen LogP contribution in [0.1, 0.15) is 65.3 Å². The Hall–Kier alpha value is -4.76. The van der Waals surface area contributed by atoms with Crippen molar-refractivity contribution in [3.8, 4) is 16.9 Å². The molecule has 3 unspecified atom stereocenters. The Morgan fingerprint density at radius 3 is 2.30 bits per heavy atom. The standard InChI is InChI=1S/C41H35NO2/c1-42(2)28-18-16-27(17-19-28)41(26-10-4-3-5-11-26)24-22-35-37-31-14-8-6-12-29(31)30-13-7-9-15-32(30)39(37)38-33-23-25-43-36(33)21-20-34(38)40(35)44-41/h3-5,7,9-11,13,15-25,29,31H,6,8,12,14H2,1-2H3. The zero-order valence-corrected chi connectivity index (χ0v) is 25.2. The lowest BCUT2D eigenvalue weighted by Crippen LogP contribution is -2.35. The molecule has 3 atom stereocenters. The van der Waals surface area contributed by atoms with E-state index in [4.69, 9.17) is 9.15 Å². The lowest BCUT2D eigenvalue weighted by Gasteiger charge is -2.43. The maximum atomic E-state index is 7.53. The van der Waals surface area contributed by atoms with E-state index in [2.05, 4.69) is 128 Å². The predicted molar refractivity (Wildman–Crippen MR) is 181 cm³/mol. The molecule has 2 heterocycles. The van der Waals surface area contributed by atoms with Gasteiger partial charge in [-0.25, -0.2) is 0 Å². The van der Waals surface area contributed by atoms with Crippen LogP contribution in [0.5, 0.6) is 5.75 Å². The summed E-state index contributed by atoms with van der Waals surface area (Å²) < 4.78 is 13.5. The monoisotopic (exact) mass is 573 g/mol. The fourth-order valence-electron chi connectivity index (χ4n) is 8.44. The fraction of sp³-hybridized carbons (Fsp3) is 0.220. The van der Waals surface area contributed by atoms with Crippen LogP contribution in [0.3, 0.4) is 0 Å². The van der Waals surface area contributed by atoms with Crippen LogP contribution in [0.4, 0.5) is 5.69 Å². The first-order valence-corrected chi connectivity index (χ1v) is 15.9. The zero-order chi connectivity index (χ0) is 29.4. The molecular weight excluding hydrogens is 538 g/mol. The van der Waals surface area contributed by atoms with Crippen molar-refractivity contribution < 1.29 is 9.15 Å². The molecule has 2 aliphatic carbocycles. The molecule has 6 aromatic rings. The molecule has 1 fully saturated rings. The van der Waals surface area contributed by atoms with Gasteiger partial charge in [0.25, 0.3) is 0 Å². The van der Waals surface area contributed by atoms with E-state index in [1.807, 2.05) is 6.26 Å². The lowest BCUT2D eigenvalue weighted by molar-refractivity contribution is 0.163. The van der Waals surface area contributed by atoms with E-state index in [9.17, 15) is 0 Å². The van der Waals surface area contributed by atoms with E-state index in [0.29, 0.717) is 11.8 Å². The Balaban J connectivity index is 1.38. The first-order valence-electron chi connectivity index (χ1n) is 15.9. The molecule has 0 spiro atoms. The number of ether oxygens (including phenoxy) is 1. The van der Waals surface area contributed by atoms with Crippen molar-refractivity contribution >= 4 is 33.5 Å². The second-order valence-corrected chi connectivity index (χ2v) is 12.9. The minimum Gasteiger partial charge on any atom is -0.472 e. The van der Waals surface area contributed by atoms with Crippen LogP contribution in [0.15, 0.2) is 114 Å². The summed E-state index contributed by atoms with van der Waals surface area (Å²) in [6.07, 6.45) is 11.5. The van der Waals surface area contributed by atoms with Crippen molar-refractivity contribution in [3.05, 3.63) is 137 Å². The summed E-state index contributed by atoms with van der Waals surface area (Å²) in [6, 6.07) is 35.1. The van der Waals surface area contributed by atoms with Gasteiger partial charge in [0.05, 0.1) is 6.26 Å². The Morgan fingerprint density at radius 1 is 0.727 bits per heavy atom. The summed E-state index contributed by atoms with van der Waals surface area (Å²) in [5.74, 6) is 1.98. The average molecular weight is 574 g/mol. The predicted octanol–water partition coefficient (Wildman–Crippen LogP) is 10.4. The highest BCUT2D eigenvalue weighted by Crippen LogP contribution is 2.60. The van der Waals surface area contributed by atoms with E-state index in [-0.39, 0.29) is 0 Å². The Labute approximate surface area is 258 Å². The minimum atomic E-state index is -0.760. The van der Waals surface area contributed by atoms with Gasteiger partial charge in [0.1, 0.15) is 11.3 Å². The van der Waals surface area contributed by atoms with Gasteiger partial charge < -0.3 is 14.1 Å². The van der Waals surface area contributed by atoms with E-state index < -0.39 is 5.60 Å². The maximum Gasteiger partial charge on any atom is 0.178 e. The Kier molecular flexibility index (Phi) is 5.62. The Morgan fingerprint density at radius 2 is 1.48 bits per heavy atom. The first-order chi connectivity index (χ1) is 21.6. The molecule has 1 aromatic heterocycles. The van der Waals surface area contributed by atoms with Gasteiger partial charge in [0.2, 0.25) is 0 Å². The number of benzene rings is 5. The zero-order valence-electron chi connectivity index (χ0n) is 25.2. The van der Waals surface area contributed by atoms with E-state index in [1.54, 1.807) is 0 Å². The molecule has 44 heavy (non-hydrogen) atoms. The van der Waals surface area contributed by atoms with Gasteiger partial charge in [-0.1, -0.05) is 85.6 Å². The number of rotatable bonds is 3. The summed E-state index contributed by atoms with van der Waals surface area (Å²) in [4.78, 5) is 2.14. The molecule has 216 valence electrons. The van der Waals surface area contributed by atoms with Crippen molar-refractivity contribution in [1.29, 1.82) is 0 Å². The third-order valence-corrected chi connectivity index (χ3v) is 10.5. The highest BCUT2D eigenvalue weighted by atomic mass is 16.5. The van der Waals surface area contributed by atoms with Crippen LogP contribution < -0.4 is 9.64 Å². The van der Waals surface area contributed by atoms with Crippen LogP contribution in [0.25, 0.3) is 38.9 Å². The molecule has 3 aliphatic rings. The third-order valence-electron chi connectivity index (χ3n) is 10.5. The second kappa shape index (κ2) is 9.62. The van der Waals surface area contributed by atoms with Crippen LogP contribution in [-0.4, -0.2) is 14.1 Å². The summed E-state index contributed by atoms with van der Waals surface area (Å²) in [5.41, 5.74) is 10.5. The van der Waals surface area contributed by atoms with Gasteiger partial charge in [0.15, 0.2) is 5.60 Å². The van der Waals surface area contributed by atoms with Gasteiger partial charge >= 0.3 is 0 Å². The number of hydrogen-bond donors (Lipinski definition) is 0. The van der Waals surface area contributed by atoms with Crippen molar-refractivity contribution in [2.75, 3.05) is 19.0 Å². The smallest absolute Gasteiger partial charge is 0.178 e. The summed E-state index contributed by atoms with van der Waals surface area (Å²) >= 11 is 0. The molecule has 0 bridgehead atoms. The number of fused-ring (bicyclic) bond motifs is 13. The van der Waals surface area contributed by atoms with Crippen LogP contribution in [0, 0.1) is 0 Å². The number of furan rings is 1. The first kappa shape index (κ1) is 25.7. The van der Waals surface area contributed by atoms with Crippen LogP contribution in [-0.2, 0) is 5.60 Å². The summed E-state index contributed by atoms with van der Waals surface area (Å²) in [6.45, 7) is 0. The molecular formula is C41H35NO2. The number of nitrogens with zero attached hydrogens (tertiary/aromatic N) is 1. The average Bonchev–Trinajstić information content (AvgIpc) is 3.57. The molecule has 0 N–H and O–H groups in total. The molecule has 0 radical (unpaired) electrons. The molecule has 0 amide bonds. The second-order valence-electron chi connectivity index (χ2n) is 12.9. The van der Waals surface area contributed by atoms with Gasteiger partial charge in [-0.3, -0.25) is 0 Å². The minimum absolute atomic E-state index is 0.464. The molecule has 1 aliphatic heterocycles. The van der Waals surface area contributed by atoms with Gasteiger partial charge in [-0.05, 0) is 83.3 Å². The van der Waals surface area contributed by atoms with Crippen LogP contribution in [0.2, 0.25) is 0 Å². The number of hydrogen-bond acceptors (Lipinski definition) is 3. The number of anilines is 1. The normalized spacial score (nSPS) is 21.7. The van der Waals surface area contributed by atoms with Crippen molar-refractivity contribution in [1.82, 2.24) is 0 Å². The molecule has 5 aromatic carbocycles. The lowest BCUT2D eigenvalue weighted by atomic mass is 9.63. The molecule has 0 saturated heterocycles.